The van der Waals surface area contributed by atoms with Crippen LogP contribution in [0.15, 0.2) is 41.5 Å². The van der Waals surface area contributed by atoms with E-state index in [1.165, 1.54) is 12.4 Å². The summed E-state index contributed by atoms with van der Waals surface area (Å²) >= 11 is 0. The average molecular weight is 317 g/mol. The lowest BCUT2D eigenvalue weighted by Gasteiger charge is -2.06. The Morgan fingerprint density at radius 1 is 1.26 bits per heavy atom. The normalized spacial score (nSPS) is 10.1. The van der Waals surface area contributed by atoms with Gasteiger partial charge in [-0.25, -0.2) is 9.78 Å². The van der Waals surface area contributed by atoms with E-state index in [1.54, 1.807) is 24.3 Å². The standard InChI is InChI=1S/C15H15N3O5/c19-12(20)9-23-11-3-1-10(2-4-11)5-6-17-14(21)13-15(22)18-8-7-16-13/h1-4,7-8H,5-6,9H2,(H,17,21)(H,18,22)(H,19,20). The summed E-state index contributed by atoms with van der Waals surface area (Å²) < 4.78 is 5.02. The average Bonchev–Trinajstić information content (AvgIpc) is 2.54. The minimum atomic E-state index is -1.04. The number of benzene rings is 1. The summed E-state index contributed by atoms with van der Waals surface area (Å²) in [6.07, 6.45) is 3.24. The number of rotatable bonds is 7. The van der Waals surface area contributed by atoms with E-state index in [1.807, 2.05) is 0 Å². The third kappa shape index (κ3) is 4.95. The van der Waals surface area contributed by atoms with Crippen molar-refractivity contribution >= 4 is 11.9 Å². The van der Waals surface area contributed by atoms with Crippen molar-refractivity contribution in [3.8, 4) is 5.75 Å². The molecule has 0 aliphatic carbocycles. The van der Waals surface area contributed by atoms with Crippen LogP contribution < -0.4 is 15.6 Å². The molecule has 0 bridgehead atoms. The zero-order chi connectivity index (χ0) is 16.7. The third-order valence-electron chi connectivity index (χ3n) is 2.91. The molecule has 23 heavy (non-hydrogen) atoms. The van der Waals surface area contributed by atoms with Gasteiger partial charge in [0.15, 0.2) is 12.3 Å². The van der Waals surface area contributed by atoms with Crippen LogP contribution in [0.1, 0.15) is 16.1 Å². The molecule has 8 nitrogen and oxygen atoms in total. The highest BCUT2D eigenvalue weighted by Crippen LogP contribution is 2.12. The van der Waals surface area contributed by atoms with E-state index < -0.39 is 24.0 Å². The maximum Gasteiger partial charge on any atom is 0.341 e. The minimum absolute atomic E-state index is 0.176. The monoisotopic (exact) mass is 317 g/mol. The highest BCUT2D eigenvalue weighted by Gasteiger charge is 2.10. The second kappa shape index (κ2) is 7.74. The molecule has 0 atom stereocenters. The molecule has 8 heteroatoms. The summed E-state index contributed by atoms with van der Waals surface area (Å²) in [5.41, 5.74) is 0.220. The number of carboxylic acid groups (broad SMARTS) is 1. The number of nitrogens with one attached hydrogen (secondary N) is 2. The Morgan fingerprint density at radius 2 is 2.00 bits per heavy atom. The van der Waals surface area contributed by atoms with Crippen molar-refractivity contribution in [2.45, 2.75) is 6.42 Å². The van der Waals surface area contributed by atoms with Gasteiger partial charge < -0.3 is 20.1 Å². The predicted octanol–water partition coefficient (Wildman–Crippen LogP) is 0.206. The van der Waals surface area contributed by atoms with Crippen molar-refractivity contribution in [3.63, 3.8) is 0 Å². The quantitative estimate of drug-likeness (QED) is 0.671. The molecule has 0 aliphatic heterocycles. The lowest BCUT2D eigenvalue weighted by molar-refractivity contribution is -0.139. The first-order chi connectivity index (χ1) is 11.1. The van der Waals surface area contributed by atoms with Crippen LogP contribution in [0, 0.1) is 0 Å². The molecule has 2 aromatic rings. The van der Waals surface area contributed by atoms with Gasteiger partial charge in [-0.05, 0) is 24.1 Å². The van der Waals surface area contributed by atoms with Gasteiger partial charge in [-0.3, -0.25) is 9.59 Å². The molecular formula is C15H15N3O5. The maximum atomic E-state index is 11.8. The molecule has 120 valence electrons. The number of aromatic nitrogens is 2. The molecule has 1 aromatic carbocycles. The summed E-state index contributed by atoms with van der Waals surface area (Å²) in [4.78, 5) is 39.7. The number of carboxylic acids is 1. The van der Waals surface area contributed by atoms with Crippen LogP contribution in [-0.4, -0.2) is 40.1 Å². The summed E-state index contributed by atoms with van der Waals surface area (Å²) in [7, 11) is 0. The predicted molar refractivity (Wildman–Crippen MR) is 80.5 cm³/mol. The topological polar surface area (TPSA) is 121 Å². The Bertz CT molecular complexity index is 739. The van der Waals surface area contributed by atoms with E-state index in [0.29, 0.717) is 18.7 Å². The van der Waals surface area contributed by atoms with Crippen LogP contribution in [0.4, 0.5) is 0 Å². The second-order valence-electron chi connectivity index (χ2n) is 4.60. The highest BCUT2D eigenvalue weighted by molar-refractivity contribution is 5.91. The van der Waals surface area contributed by atoms with E-state index in [2.05, 4.69) is 15.3 Å². The van der Waals surface area contributed by atoms with Gasteiger partial charge in [-0.15, -0.1) is 0 Å². The number of H-pyrrole nitrogens is 1. The zero-order valence-corrected chi connectivity index (χ0v) is 12.1. The number of amides is 1. The lowest BCUT2D eigenvalue weighted by atomic mass is 10.1. The first-order valence-corrected chi connectivity index (χ1v) is 6.81. The fourth-order valence-electron chi connectivity index (χ4n) is 1.81. The van der Waals surface area contributed by atoms with Crippen LogP contribution >= 0.6 is 0 Å². The molecule has 0 radical (unpaired) electrons. The number of carbonyl (C=O) groups excluding carboxylic acids is 1. The number of hydrogen-bond donors (Lipinski definition) is 3. The number of carbonyl (C=O) groups is 2. The maximum absolute atomic E-state index is 11.8. The summed E-state index contributed by atoms with van der Waals surface area (Å²) in [5, 5.41) is 11.1. The Hall–Kier alpha value is -3.16. The summed E-state index contributed by atoms with van der Waals surface area (Å²) in [5.74, 6) is -1.12. The Kier molecular flexibility index (Phi) is 5.45. The molecule has 0 fully saturated rings. The van der Waals surface area contributed by atoms with Gasteiger partial charge in [0.2, 0.25) is 0 Å². The smallest absolute Gasteiger partial charge is 0.341 e. The van der Waals surface area contributed by atoms with Gasteiger partial charge in [0.05, 0.1) is 0 Å². The van der Waals surface area contributed by atoms with Crippen molar-refractivity contribution in [1.82, 2.24) is 15.3 Å². The number of aliphatic carboxylic acids is 1. The molecule has 1 amide bonds. The highest BCUT2D eigenvalue weighted by atomic mass is 16.5. The summed E-state index contributed by atoms with van der Waals surface area (Å²) in [6.45, 7) is -0.0573. The van der Waals surface area contributed by atoms with Crippen molar-refractivity contribution in [3.05, 3.63) is 58.3 Å². The minimum Gasteiger partial charge on any atom is -0.482 e. The molecular weight excluding hydrogens is 302 g/mol. The van der Waals surface area contributed by atoms with Crippen LogP contribution in [0.2, 0.25) is 0 Å². The zero-order valence-electron chi connectivity index (χ0n) is 12.1. The molecule has 1 aromatic heterocycles. The van der Waals surface area contributed by atoms with Crippen LogP contribution in [-0.2, 0) is 11.2 Å². The van der Waals surface area contributed by atoms with Crippen molar-refractivity contribution in [2.75, 3.05) is 13.2 Å². The Balaban J connectivity index is 1.82. The van der Waals surface area contributed by atoms with Crippen LogP contribution in [0.3, 0.4) is 0 Å². The fourth-order valence-corrected chi connectivity index (χ4v) is 1.81. The summed E-state index contributed by atoms with van der Waals surface area (Å²) in [6, 6.07) is 6.86. The molecule has 0 saturated carbocycles. The SMILES string of the molecule is O=C(O)COc1ccc(CCNC(=O)c2ncc[nH]c2=O)cc1. The molecule has 3 N–H and O–H groups in total. The number of aromatic amines is 1. The molecule has 0 unspecified atom stereocenters. The Labute approximate surface area is 131 Å². The molecule has 0 saturated heterocycles. The van der Waals surface area contributed by atoms with Crippen LogP contribution in [0.25, 0.3) is 0 Å². The van der Waals surface area contributed by atoms with E-state index in [-0.39, 0.29) is 5.69 Å². The van der Waals surface area contributed by atoms with Gasteiger partial charge >= 0.3 is 5.97 Å². The molecule has 2 rings (SSSR count). The third-order valence-corrected chi connectivity index (χ3v) is 2.91. The molecule has 1 heterocycles. The lowest BCUT2D eigenvalue weighted by Crippen LogP contribution is -2.32. The first-order valence-electron chi connectivity index (χ1n) is 6.81. The molecule has 0 spiro atoms. The first kappa shape index (κ1) is 16.2. The number of hydrogen-bond acceptors (Lipinski definition) is 5. The van der Waals surface area contributed by atoms with Crippen molar-refractivity contribution in [1.29, 1.82) is 0 Å². The van der Waals surface area contributed by atoms with Gasteiger partial charge in [0.1, 0.15) is 5.75 Å². The van der Waals surface area contributed by atoms with E-state index >= 15 is 0 Å². The number of nitrogens with zero attached hydrogens (tertiary/aromatic N) is 1. The second-order valence-corrected chi connectivity index (χ2v) is 4.60. The van der Waals surface area contributed by atoms with E-state index in [9.17, 15) is 14.4 Å². The number of ether oxygens (including phenoxy) is 1. The van der Waals surface area contributed by atoms with Crippen molar-refractivity contribution < 1.29 is 19.4 Å². The fraction of sp³-hybridized carbons (Fsp3) is 0.200. The van der Waals surface area contributed by atoms with E-state index in [0.717, 1.165) is 5.56 Å². The van der Waals surface area contributed by atoms with Gasteiger partial charge in [0.25, 0.3) is 11.5 Å². The van der Waals surface area contributed by atoms with Crippen LogP contribution in [0.5, 0.6) is 5.75 Å². The van der Waals surface area contributed by atoms with E-state index in [4.69, 9.17) is 9.84 Å². The Morgan fingerprint density at radius 3 is 2.65 bits per heavy atom. The van der Waals surface area contributed by atoms with Gasteiger partial charge in [-0.1, -0.05) is 12.1 Å². The largest absolute Gasteiger partial charge is 0.482 e. The van der Waals surface area contributed by atoms with Crippen molar-refractivity contribution in [2.24, 2.45) is 0 Å². The van der Waals surface area contributed by atoms with Gasteiger partial charge in [-0.2, -0.15) is 0 Å². The van der Waals surface area contributed by atoms with Gasteiger partial charge in [0, 0.05) is 18.9 Å². The molecule has 0 aliphatic rings.